The van der Waals surface area contributed by atoms with E-state index in [1.807, 2.05) is 0 Å². The number of halogens is 4. The molecule has 104 valence electrons. The monoisotopic (exact) mass is 344 g/mol. The number of alkyl halides is 3. The normalized spacial score (nSPS) is 11.4. The molecule has 0 saturated heterocycles. The van der Waals surface area contributed by atoms with E-state index in [9.17, 15) is 18.0 Å². The first kappa shape index (κ1) is 14.6. The largest absolute Gasteiger partial charge is 0.478 e. The Morgan fingerprint density at radius 1 is 1.10 bits per heavy atom. The van der Waals surface area contributed by atoms with Gasteiger partial charge in [-0.05, 0) is 45.3 Å². The second kappa shape index (κ2) is 5.28. The number of benzene rings is 2. The Morgan fingerprint density at radius 3 is 2.35 bits per heavy atom. The van der Waals surface area contributed by atoms with Crippen LogP contribution in [0.25, 0.3) is 11.1 Å². The standard InChI is InChI=1S/C14H8BrF3O2/c15-12-6-5-8(7-10(12)13(19)20)9-3-1-2-4-11(9)14(16,17)18/h1-7H,(H,19,20). The molecule has 20 heavy (non-hydrogen) atoms. The highest BCUT2D eigenvalue weighted by molar-refractivity contribution is 9.10. The molecule has 0 radical (unpaired) electrons. The Kier molecular flexibility index (Phi) is 3.85. The molecule has 0 aliphatic heterocycles. The number of rotatable bonds is 2. The zero-order valence-electron chi connectivity index (χ0n) is 9.91. The predicted octanol–water partition coefficient (Wildman–Crippen LogP) is 4.83. The molecular weight excluding hydrogens is 337 g/mol. The number of carbonyl (C=O) groups is 1. The summed E-state index contributed by atoms with van der Waals surface area (Å²) in [5.41, 5.74) is -0.716. The van der Waals surface area contributed by atoms with E-state index >= 15 is 0 Å². The Hall–Kier alpha value is -1.82. The number of hydrogen-bond donors (Lipinski definition) is 1. The molecule has 0 aromatic heterocycles. The predicted molar refractivity (Wildman–Crippen MR) is 71.5 cm³/mol. The molecule has 1 N–H and O–H groups in total. The van der Waals surface area contributed by atoms with Crippen LogP contribution in [-0.4, -0.2) is 11.1 Å². The molecule has 0 amide bonds. The van der Waals surface area contributed by atoms with Gasteiger partial charge in [0.25, 0.3) is 0 Å². The summed E-state index contributed by atoms with van der Waals surface area (Å²) in [6, 6.07) is 9.15. The van der Waals surface area contributed by atoms with Crippen molar-refractivity contribution in [3.05, 3.63) is 58.1 Å². The maximum Gasteiger partial charge on any atom is 0.417 e. The van der Waals surface area contributed by atoms with E-state index in [2.05, 4.69) is 15.9 Å². The minimum Gasteiger partial charge on any atom is -0.478 e. The Morgan fingerprint density at radius 2 is 1.75 bits per heavy atom. The smallest absolute Gasteiger partial charge is 0.417 e. The van der Waals surface area contributed by atoms with Gasteiger partial charge in [0.1, 0.15) is 0 Å². The van der Waals surface area contributed by atoms with Crippen LogP contribution in [-0.2, 0) is 6.18 Å². The van der Waals surface area contributed by atoms with Crippen LogP contribution in [0.15, 0.2) is 46.9 Å². The minimum atomic E-state index is -4.49. The molecule has 0 heterocycles. The van der Waals surface area contributed by atoms with Gasteiger partial charge in [0.05, 0.1) is 11.1 Å². The average Bonchev–Trinajstić information content (AvgIpc) is 2.38. The van der Waals surface area contributed by atoms with Crippen LogP contribution >= 0.6 is 15.9 Å². The molecule has 0 atom stereocenters. The third-order valence-electron chi connectivity index (χ3n) is 2.74. The number of aromatic carboxylic acids is 1. The highest BCUT2D eigenvalue weighted by Gasteiger charge is 2.33. The van der Waals surface area contributed by atoms with E-state index in [1.54, 1.807) is 0 Å². The molecule has 0 aliphatic carbocycles. The fourth-order valence-electron chi connectivity index (χ4n) is 1.84. The van der Waals surface area contributed by atoms with Crippen LogP contribution in [0.1, 0.15) is 15.9 Å². The molecule has 6 heteroatoms. The van der Waals surface area contributed by atoms with Crippen molar-refractivity contribution >= 4 is 21.9 Å². The second-order valence-electron chi connectivity index (χ2n) is 4.04. The van der Waals surface area contributed by atoms with Crippen molar-refractivity contribution < 1.29 is 23.1 Å². The highest BCUT2D eigenvalue weighted by atomic mass is 79.9. The molecule has 2 aromatic carbocycles. The van der Waals surface area contributed by atoms with Crippen molar-refractivity contribution in [2.75, 3.05) is 0 Å². The first-order valence-corrected chi connectivity index (χ1v) is 6.29. The maximum absolute atomic E-state index is 12.9. The zero-order chi connectivity index (χ0) is 14.9. The molecule has 0 fully saturated rings. The van der Waals surface area contributed by atoms with Gasteiger partial charge in [-0.3, -0.25) is 0 Å². The molecule has 0 spiro atoms. The van der Waals surface area contributed by atoms with Gasteiger partial charge in [-0.15, -0.1) is 0 Å². The van der Waals surface area contributed by atoms with Gasteiger partial charge >= 0.3 is 12.1 Å². The topological polar surface area (TPSA) is 37.3 Å². The summed E-state index contributed by atoms with van der Waals surface area (Å²) in [5.74, 6) is -1.21. The van der Waals surface area contributed by atoms with Crippen LogP contribution in [0.3, 0.4) is 0 Å². The van der Waals surface area contributed by atoms with E-state index in [-0.39, 0.29) is 16.7 Å². The Balaban J connectivity index is 2.64. The van der Waals surface area contributed by atoms with Crippen LogP contribution in [0.5, 0.6) is 0 Å². The van der Waals surface area contributed by atoms with E-state index in [1.165, 1.54) is 36.4 Å². The Labute approximate surface area is 121 Å². The van der Waals surface area contributed by atoms with Gasteiger partial charge in [0.2, 0.25) is 0 Å². The van der Waals surface area contributed by atoms with Crippen LogP contribution in [0.4, 0.5) is 13.2 Å². The lowest BCUT2D eigenvalue weighted by Gasteiger charge is -2.13. The third kappa shape index (κ3) is 2.85. The summed E-state index contributed by atoms with van der Waals surface area (Å²) >= 11 is 3.06. The average molecular weight is 345 g/mol. The molecular formula is C14H8BrF3O2. The molecule has 2 aromatic rings. The van der Waals surface area contributed by atoms with Crippen LogP contribution in [0, 0.1) is 0 Å². The lowest BCUT2D eigenvalue weighted by atomic mass is 9.98. The molecule has 0 aliphatic rings. The van der Waals surface area contributed by atoms with Crippen molar-refractivity contribution in [2.24, 2.45) is 0 Å². The molecule has 0 bridgehead atoms. The molecule has 2 rings (SSSR count). The maximum atomic E-state index is 12.9. The molecule has 2 nitrogen and oxygen atoms in total. The lowest BCUT2D eigenvalue weighted by molar-refractivity contribution is -0.137. The van der Waals surface area contributed by atoms with Gasteiger partial charge in [0, 0.05) is 4.47 Å². The zero-order valence-corrected chi connectivity index (χ0v) is 11.5. The van der Waals surface area contributed by atoms with Crippen molar-refractivity contribution in [1.29, 1.82) is 0 Å². The van der Waals surface area contributed by atoms with Crippen molar-refractivity contribution in [3.63, 3.8) is 0 Å². The van der Waals surface area contributed by atoms with E-state index in [0.29, 0.717) is 4.47 Å². The quantitative estimate of drug-likeness (QED) is 0.846. The third-order valence-corrected chi connectivity index (χ3v) is 3.43. The lowest BCUT2D eigenvalue weighted by Crippen LogP contribution is -2.07. The van der Waals surface area contributed by atoms with Crippen molar-refractivity contribution in [1.82, 2.24) is 0 Å². The first-order valence-electron chi connectivity index (χ1n) is 5.50. The van der Waals surface area contributed by atoms with Gasteiger partial charge in [0.15, 0.2) is 0 Å². The highest BCUT2D eigenvalue weighted by Crippen LogP contribution is 2.37. The van der Waals surface area contributed by atoms with E-state index in [0.717, 1.165) is 6.07 Å². The summed E-state index contributed by atoms with van der Waals surface area (Å²) < 4.78 is 39.2. The fraction of sp³-hybridized carbons (Fsp3) is 0.0714. The van der Waals surface area contributed by atoms with Gasteiger partial charge in [-0.2, -0.15) is 13.2 Å². The summed E-state index contributed by atoms with van der Waals surface area (Å²) in [6.07, 6.45) is -4.49. The summed E-state index contributed by atoms with van der Waals surface area (Å²) in [5, 5.41) is 9.01. The second-order valence-corrected chi connectivity index (χ2v) is 4.90. The summed E-state index contributed by atoms with van der Waals surface area (Å²) in [4.78, 5) is 11.0. The molecule has 0 saturated carbocycles. The van der Waals surface area contributed by atoms with E-state index in [4.69, 9.17) is 5.11 Å². The minimum absolute atomic E-state index is 0.0463. The number of carboxylic acids is 1. The van der Waals surface area contributed by atoms with E-state index < -0.39 is 17.7 Å². The van der Waals surface area contributed by atoms with Gasteiger partial charge in [-0.25, -0.2) is 4.79 Å². The van der Waals surface area contributed by atoms with Gasteiger partial charge in [-0.1, -0.05) is 24.3 Å². The first-order chi connectivity index (χ1) is 9.30. The van der Waals surface area contributed by atoms with Crippen LogP contribution in [0.2, 0.25) is 0 Å². The Bertz CT molecular complexity index is 666. The summed E-state index contributed by atoms with van der Waals surface area (Å²) in [7, 11) is 0. The van der Waals surface area contributed by atoms with Crippen LogP contribution < -0.4 is 0 Å². The van der Waals surface area contributed by atoms with Crippen molar-refractivity contribution in [2.45, 2.75) is 6.18 Å². The molecule has 0 unspecified atom stereocenters. The number of hydrogen-bond acceptors (Lipinski definition) is 1. The number of carboxylic acid groups (broad SMARTS) is 1. The van der Waals surface area contributed by atoms with Gasteiger partial charge < -0.3 is 5.11 Å². The summed E-state index contributed by atoms with van der Waals surface area (Å²) in [6.45, 7) is 0. The van der Waals surface area contributed by atoms with Crippen molar-refractivity contribution in [3.8, 4) is 11.1 Å². The fourth-order valence-corrected chi connectivity index (χ4v) is 2.25. The SMILES string of the molecule is O=C(O)c1cc(-c2ccccc2C(F)(F)F)ccc1Br.